The number of hydrogen-bond donors (Lipinski definition) is 0. The van der Waals surface area contributed by atoms with Crippen LogP contribution < -0.4 is 4.74 Å². The number of para-hydroxylation sites is 1. The maximum Gasteiger partial charge on any atom is 0.160 e. The zero-order chi connectivity index (χ0) is 39.1. The lowest BCUT2D eigenvalue weighted by molar-refractivity contribution is 0.492. The summed E-state index contributed by atoms with van der Waals surface area (Å²) in [6.07, 6.45) is 3.68. The second-order valence-corrected chi connectivity index (χ2v) is 14.8. The van der Waals surface area contributed by atoms with Crippen molar-refractivity contribution in [1.29, 1.82) is 0 Å². The molecule has 0 radical (unpaired) electrons. The smallest absolute Gasteiger partial charge is 0.160 e. The van der Waals surface area contributed by atoms with E-state index in [0.717, 1.165) is 106 Å². The first kappa shape index (κ1) is 34.3. The molecule has 4 heteroatoms. The molecule has 0 atom stereocenters. The van der Waals surface area contributed by atoms with Crippen molar-refractivity contribution in [2.24, 2.45) is 0 Å². The van der Waals surface area contributed by atoms with Gasteiger partial charge in [0, 0.05) is 45.6 Å². The Morgan fingerprint density at radius 2 is 0.898 bits per heavy atom. The first-order valence-electron chi connectivity index (χ1n) is 19.8. The summed E-state index contributed by atoms with van der Waals surface area (Å²) in [7, 11) is 0. The summed E-state index contributed by atoms with van der Waals surface area (Å²) in [4.78, 5) is 14.8. The topological polar surface area (TPSA) is 47.9 Å². The summed E-state index contributed by atoms with van der Waals surface area (Å²) < 4.78 is 7.21. The molecule has 1 aliphatic heterocycles. The summed E-state index contributed by atoms with van der Waals surface area (Å²) in [5.41, 5.74) is 15.5. The molecule has 10 aromatic rings. The fraction of sp³-hybridized carbons (Fsp3) is 0. The second kappa shape index (κ2) is 14.5. The van der Waals surface area contributed by atoms with Gasteiger partial charge in [0.1, 0.15) is 11.5 Å². The number of benzene rings is 8. The maximum atomic E-state index is 7.21. The Kier molecular flexibility index (Phi) is 8.45. The van der Waals surface area contributed by atoms with E-state index in [2.05, 4.69) is 181 Å². The average Bonchev–Trinajstić information content (AvgIpc) is 3.33. The van der Waals surface area contributed by atoms with E-state index in [1.165, 1.54) is 0 Å². The van der Waals surface area contributed by atoms with Crippen LogP contribution in [0.15, 0.2) is 213 Å². The van der Waals surface area contributed by atoms with Gasteiger partial charge in [0.05, 0.1) is 11.4 Å². The van der Waals surface area contributed by atoms with Crippen LogP contribution in [0.5, 0.6) is 11.5 Å². The van der Waals surface area contributed by atoms with Crippen molar-refractivity contribution in [2.75, 3.05) is 0 Å². The van der Waals surface area contributed by atoms with Gasteiger partial charge in [-0.15, -0.1) is 0 Å². The highest BCUT2D eigenvalue weighted by Crippen LogP contribution is 2.50. The Morgan fingerprint density at radius 3 is 1.63 bits per heavy atom. The molecule has 0 unspecified atom stereocenters. The van der Waals surface area contributed by atoms with Crippen LogP contribution in [0.25, 0.3) is 100 Å². The van der Waals surface area contributed by atoms with Gasteiger partial charge in [-0.1, -0.05) is 170 Å². The van der Waals surface area contributed by atoms with E-state index in [1.54, 1.807) is 6.20 Å². The molecule has 0 spiro atoms. The van der Waals surface area contributed by atoms with Gasteiger partial charge in [0.25, 0.3) is 0 Å². The highest BCUT2D eigenvalue weighted by atomic mass is 16.5. The summed E-state index contributed by atoms with van der Waals surface area (Å²) in [5, 5.41) is 2.15. The van der Waals surface area contributed by atoms with Crippen LogP contribution in [0.2, 0.25) is 0 Å². The van der Waals surface area contributed by atoms with E-state index in [9.17, 15) is 0 Å². The molecule has 59 heavy (non-hydrogen) atoms. The third-order valence-corrected chi connectivity index (χ3v) is 11.2. The van der Waals surface area contributed by atoms with E-state index in [1.807, 2.05) is 30.5 Å². The zero-order valence-electron chi connectivity index (χ0n) is 32.0. The van der Waals surface area contributed by atoms with Crippen LogP contribution in [0, 0.1) is 0 Å². The van der Waals surface area contributed by atoms with Crippen LogP contribution in [0.3, 0.4) is 0 Å². The van der Waals surface area contributed by atoms with Gasteiger partial charge < -0.3 is 4.74 Å². The van der Waals surface area contributed by atoms with Gasteiger partial charge in [0.2, 0.25) is 0 Å². The fourth-order valence-corrected chi connectivity index (χ4v) is 8.35. The highest BCUT2D eigenvalue weighted by Gasteiger charge is 2.23. The minimum Gasteiger partial charge on any atom is -0.455 e. The van der Waals surface area contributed by atoms with E-state index < -0.39 is 0 Å². The zero-order valence-corrected chi connectivity index (χ0v) is 32.0. The number of aromatic nitrogens is 3. The monoisotopic (exact) mass is 753 g/mol. The SMILES string of the molecule is c1ccc(-c2cc(-c3ccc4c(c3)-c3ccc5ccccc5c3Oc3ccccc3-c3ccccc3-c3ccccc3-4)nc(-c3ccc(-c4cccnc4)cc3)n2)cc1. The lowest BCUT2D eigenvalue weighted by Crippen LogP contribution is -1.97. The largest absolute Gasteiger partial charge is 0.455 e. The van der Waals surface area contributed by atoms with Gasteiger partial charge in [0.15, 0.2) is 5.82 Å². The standard InChI is InChI=1S/C55H35N3O/c1-2-14-38(15-3-1)51-34-52(58-55(57-51)39-26-24-36(25-27-39)41-16-12-32-56-35-41)40-29-30-47-45-20-7-6-18-43(45)44-19-8-9-21-46(44)48-22-10-11-23-53(48)59-54-42-17-5-4-13-37(42)28-31-49(54)50(47)33-40/h1-35H. The third kappa shape index (κ3) is 6.24. The number of hydrogen-bond acceptors (Lipinski definition) is 4. The first-order valence-corrected chi connectivity index (χ1v) is 19.8. The Morgan fingerprint density at radius 1 is 0.339 bits per heavy atom. The molecule has 0 bridgehead atoms. The van der Waals surface area contributed by atoms with Crippen molar-refractivity contribution < 1.29 is 4.74 Å². The van der Waals surface area contributed by atoms with E-state index in [0.29, 0.717) is 5.82 Å². The third-order valence-electron chi connectivity index (χ3n) is 11.2. The normalized spacial score (nSPS) is 11.5. The van der Waals surface area contributed by atoms with Gasteiger partial charge >= 0.3 is 0 Å². The molecule has 0 saturated heterocycles. The van der Waals surface area contributed by atoms with Crippen molar-refractivity contribution in [3.63, 3.8) is 0 Å². The Labute approximate surface area is 342 Å². The number of rotatable bonds is 4. The van der Waals surface area contributed by atoms with Gasteiger partial charge in [-0.3, -0.25) is 4.98 Å². The predicted molar refractivity (Wildman–Crippen MR) is 241 cm³/mol. The van der Waals surface area contributed by atoms with Gasteiger partial charge in [-0.2, -0.15) is 0 Å². The maximum absolute atomic E-state index is 7.21. The lowest BCUT2D eigenvalue weighted by atomic mass is 9.85. The molecular formula is C55H35N3O. The molecule has 0 amide bonds. The van der Waals surface area contributed by atoms with Crippen LogP contribution in [0.1, 0.15) is 0 Å². The molecule has 11 rings (SSSR count). The fourth-order valence-electron chi connectivity index (χ4n) is 8.35. The number of fused-ring (bicyclic) bond motifs is 11. The molecule has 4 nitrogen and oxygen atoms in total. The van der Waals surface area contributed by atoms with Gasteiger partial charge in [-0.05, 0) is 80.2 Å². The number of pyridine rings is 1. The molecule has 276 valence electrons. The quantitative estimate of drug-likeness (QED) is 0.180. The predicted octanol–water partition coefficient (Wildman–Crippen LogP) is 14.5. The van der Waals surface area contributed by atoms with E-state index in [4.69, 9.17) is 14.7 Å². The van der Waals surface area contributed by atoms with Crippen LogP contribution in [-0.4, -0.2) is 15.0 Å². The molecule has 0 saturated carbocycles. The molecule has 1 aliphatic rings. The first-order chi connectivity index (χ1) is 29.2. The van der Waals surface area contributed by atoms with Crippen LogP contribution in [0.4, 0.5) is 0 Å². The van der Waals surface area contributed by atoms with Crippen molar-refractivity contribution in [3.05, 3.63) is 213 Å². The minimum atomic E-state index is 0.656. The molecule has 0 fully saturated rings. The highest BCUT2D eigenvalue weighted by molar-refractivity contribution is 6.03. The van der Waals surface area contributed by atoms with Gasteiger partial charge in [-0.25, -0.2) is 9.97 Å². The minimum absolute atomic E-state index is 0.656. The molecule has 3 heterocycles. The lowest BCUT2D eigenvalue weighted by Gasteiger charge is -2.19. The van der Waals surface area contributed by atoms with E-state index in [-0.39, 0.29) is 0 Å². The average molecular weight is 754 g/mol. The number of nitrogens with zero attached hydrogens (tertiary/aromatic N) is 3. The summed E-state index contributed by atoms with van der Waals surface area (Å²) in [6.45, 7) is 0. The van der Waals surface area contributed by atoms with Crippen molar-refractivity contribution in [1.82, 2.24) is 15.0 Å². The molecule has 8 aromatic carbocycles. The molecular weight excluding hydrogens is 719 g/mol. The Balaban J connectivity index is 1.17. The molecule has 0 aliphatic carbocycles. The number of ether oxygens (including phenoxy) is 1. The Bertz CT molecular complexity index is 3180. The van der Waals surface area contributed by atoms with E-state index >= 15 is 0 Å². The van der Waals surface area contributed by atoms with Crippen molar-refractivity contribution in [3.8, 4) is 101 Å². The molecule has 0 N–H and O–H groups in total. The Hall–Kier alpha value is -7.95. The summed E-state index contributed by atoms with van der Waals surface area (Å²) in [6, 6.07) is 70.2. The summed E-state index contributed by atoms with van der Waals surface area (Å²) >= 11 is 0. The summed E-state index contributed by atoms with van der Waals surface area (Å²) in [5.74, 6) is 2.27. The molecule has 2 aromatic heterocycles. The van der Waals surface area contributed by atoms with Crippen LogP contribution >= 0.6 is 0 Å². The van der Waals surface area contributed by atoms with Crippen molar-refractivity contribution in [2.45, 2.75) is 0 Å². The van der Waals surface area contributed by atoms with Crippen molar-refractivity contribution >= 4 is 10.8 Å². The van der Waals surface area contributed by atoms with Crippen LogP contribution in [-0.2, 0) is 0 Å². The second-order valence-electron chi connectivity index (χ2n) is 14.8.